The molecule has 0 aliphatic rings. The van der Waals surface area contributed by atoms with E-state index in [1.54, 1.807) is 12.1 Å². The lowest BCUT2D eigenvalue weighted by atomic mass is 10.1. The van der Waals surface area contributed by atoms with Crippen molar-refractivity contribution in [2.75, 3.05) is 0 Å². The number of nitrogens with zero attached hydrogens (tertiary/aromatic N) is 1. The van der Waals surface area contributed by atoms with E-state index in [0.29, 0.717) is 0 Å². The number of aromatic nitrogens is 1. The van der Waals surface area contributed by atoms with Crippen molar-refractivity contribution in [3.05, 3.63) is 58.6 Å². The molecular formula is C16H16N2O2S2. The van der Waals surface area contributed by atoms with E-state index in [4.69, 9.17) is 0 Å². The van der Waals surface area contributed by atoms with E-state index in [9.17, 15) is 8.42 Å². The van der Waals surface area contributed by atoms with Gasteiger partial charge in [-0.05, 0) is 49.2 Å². The molecule has 0 amide bonds. The Balaban J connectivity index is 1.80. The van der Waals surface area contributed by atoms with Crippen LogP contribution in [0.3, 0.4) is 0 Å². The molecule has 0 saturated carbocycles. The zero-order valence-corrected chi connectivity index (χ0v) is 14.0. The van der Waals surface area contributed by atoms with E-state index in [1.807, 2.05) is 44.2 Å². The fourth-order valence-electron chi connectivity index (χ4n) is 2.12. The van der Waals surface area contributed by atoms with Crippen molar-refractivity contribution in [3.8, 4) is 0 Å². The minimum atomic E-state index is -3.52. The maximum atomic E-state index is 12.3. The van der Waals surface area contributed by atoms with Crippen molar-refractivity contribution >= 4 is 31.6 Å². The lowest BCUT2D eigenvalue weighted by Crippen LogP contribution is -2.23. The minimum Gasteiger partial charge on any atom is -0.240 e. The molecule has 0 unspecified atom stereocenters. The summed E-state index contributed by atoms with van der Waals surface area (Å²) in [5.41, 5.74) is 2.93. The highest BCUT2D eigenvalue weighted by atomic mass is 32.2. The maximum Gasteiger partial charge on any atom is 0.240 e. The Morgan fingerprint density at radius 3 is 2.59 bits per heavy atom. The third-order valence-corrected chi connectivity index (χ3v) is 5.98. The van der Waals surface area contributed by atoms with Gasteiger partial charge in [-0.2, -0.15) is 0 Å². The molecule has 0 spiro atoms. The molecule has 0 saturated heterocycles. The number of para-hydroxylation sites is 1. The van der Waals surface area contributed by atoms with Crippen molar-refractivity contribution in [2.45, 2.75) is 25.3 Å². The van der Waals surface area contributed by atoms with Crippen LogP contribution in [0.5, 0.6) is 0 Å². The summed E-state index contributed by atoms with van der Waals surface area (Å²) >= 11 is 1.50. The van der Waals surface area contributed by atoms with Gasteiger partial charge in [0.25, 0.3) is 0 Å². The molecule has 0 aliphatic carbocycles. The van der Waals surface area contributed by atoms with E-state index in [1.165, 1.54) is 11.3 Å². The number of hydrogen-bond acceptors (Lipinski definition) is 4. The third-order valence-electron chi connectivity index (χ3n) is 3.54. The van der Waals surface area contributed by atoms with Crippen LogP contribution in [0, 0.1) is 13.8 Å². The van der Waals surface area contributed by atoms with Crippen LogP contribution in [0.2, 0.25) is 0 Å². The van der Waals surface area contributed by atoms with E-state index in [0.717, 1.165) is 26.4 Å². The van der Waals surface area contributed by atoms with E-state index < -0.39 is 10.0 Å². The topological polar surface area (TPSA) is 59.1 Å². The molecule has 1 aromatic heterocycles. The number of thiazole rings is 1. The molecule has 3 aromatic rings. The van der Waals surface area contributed by atoms with Crippen LogP contribution < -0.4 is 4.72 Å². The Hall–Kier alpha value is -1.76. The maximum absolute atomic E-state index is 12.3. The standard InChI is InChI=1S/C16H16N2O2S2/c1-11-7-8-13(9-12(11)2)22(19,20)17-10-16-18-14-5-3-4-6-15(14)21-16/h3-9,17H,10H2,1-2H3. The van der Waals surface area contributed by atoms with Gasteiger partial charge >= 0.3 is 0 Å². The summed E-state index contributed by atoms with van der Waals surface area (Å²) in [4.78, 5) is 4.72. The molecule has 0 bridgehead atoms. The van der Waals surface area contributed by atoms with Crippen LogP contribution in [0.4, 0.5) is 0 Å². The highest BCUT2D eigenvalue weighted by molar-refractivity contribution is 7.89. The third kappa shape index (κ3) is 3.04. The Morgan fingerprint density at radius 1 is 1.09 bits per heavy atom. The first-order valence-electron chi connectivity index (χ1n) is 6.87. The smallest absolute Gasteiger partial charge is 0.240 e. The van der Waals surface area contributed by atoms with Gasteiger partial charge in [-0.25, -0.2) is 18.1 Å². The number of nitrogens with one attached hydrogen (secondary N) is 1. The van der Waals surface area contributed by atoms with Gasteiger partial charge in [0.2, 0.25) is 10.0 Å². The monoisotopic (exact) mass is 332 g/mol. The molecule has 0 fully saturated rings. The molecule has 1 N–H and O–H groups in total. The Morgan fingerprint density at radius 2 is 1.86 bits per heavy atom. The molecule has 0 radical (unpaired) electrons. The molecule has 1 heterocycles. The van der Waals surface area contributed by atoms with Gasteiger partial charge in [0.15, 0.2) is 0 Å². The molecule has 114 valence electrons. The van der Waals surface area contributed by atoms with Crippen molar-refractivity contribution in [2.24, 2.45) is 0 Å². The van der Waals surface area contributed by atoms with Crippen LogP contribution in [-0.4, -0.2) is 13.4 Å². The molecular weight excluding hydrogens is 316 g/mol. The second-order valence-electron chi connectivity index (χ2n) is 5.15. The Labute approximate surface area is 133 Å². The van der Waals surface area contributed by atoms with Gasteiger partial charge in [0, 0.05) is 0 Å². The number of rotatable bonds is 4. The fourth-order valence-corrected chi connectivity index (χ4v) is 4.19. The van der Waals surface area contributed by atoms with E-state index in [-0.39, 0.29) is 11.4 Å². The summed E-state index contributed by atoms with van der Waals surface area (Å²) < 4.78 is 28.4. The quantitative estimate of drug-likeness (QED) is 0.796. The molecule has 6 heteroatoms. The number of aryl methyl sites for hydroxylation is 2. The van der Waals surface area contributed by atoms with Gasteiger partial charge in [-0.3, -0.25) is 0 Å². The largest absolute Gasteiger partial charge is 0.240 e. The molecule has 3 rings (SSSR count). The van der Waals surface area contributed by atoms with E-state index >= 15 is 0 Å². The van der Waals surface area contributed by atoms with Gasteiger partial charge in [0.1, 0.15) is 5.01 Å². The number of fused-ring (bicyclic) bond motifs is 1. The summed E-state index contributed by atoms with van der Waals surface area (Å²) in [7, 11) is -3.52. The van der Waals surface area contributed by atoms with E-state index in [2.05, 4.69) is 9.71 Å². The van der Waals surface area contributed by atoms with Crippen molar-refractivity contribution in [1.82, 2.24) is 9.71 Å². The predicted molar refractivity (Wildman–Crippen MR) is 89.6 cm³/mol. The van der Waals surface area contributed by atoms with Gasteiger partial charge in [-0.1, -0.05) is 18.2 Å². The van der Waals surface area contributed by atoms with Gasteiger partial charge in [-0.15, -0.1) is 11.3 Å². The van der Waals surface area contributed by atoms with Crippen LogP contribution in [-0.2, 0) is 16.6 Å². The van der Waals surface area contributed by atoms with Crippen molar-refractivity contribution in [1.29, 1.82) is 0 Å². The van der Waals surface area contributed by atoms with Crippen LogP contribution in [0.15, 0.2) is 47.4 Å². The zero-order chi connectivity index (χ0) is 15.7. The molecule has 0 atom stereocenters. The first kappa shape index (κ1) is 15.1. The fraction of sp³-hybridized carbons (Fsp3) is 0.188. The van der Waals surface area contributed by atoms with Crippen LogP contribution >= 0.6 is 11.3 Å². The summed E-state index contributed by atoms with van der Waals surface area (Å²) in [6.07, 6.45) is 0. The summed E-state index contributed by atoms with van der Waals surface area (Å²) in [6, 6.07) is 12.9. The SMILES string of the molecule is Cc1ccc(S(=O)(=O)NCc2nc3ccccc3s2)cc1C. The predicted octanol–water partition coefficient (Wildman–Crippen LogP) is 3.39. The summed E-state index contributed by atoms with van der Waals surface area (Å²) in [5, 5.41) is 0.758. The Kier molecular flexibility index (Phi) is 3.99. The average molecular weight is 332 g/mol. The highest BCUT2D eigenvalue weighted by Gasteiger charge is 2.15. The first-order chi connectivity index (χ1) is 10.5. The summed E-state index contributed by atoms with van der Waals surface area (Å²) in [6.45, 7) is 4.07. The summed E-state index contributed by atoms with van der Waals surface area (Å²) in [5.74, 6) is 0. The second kappa shape index (κ2) is 5.79. The van der Waals surface area contributed by atoms with Crippen LogP contribution in [0.1, 0.15) is 16.1 Å². The lowest BCUT2D eigenvalue weighted by molar-refractivity contribution is 0.581. The zero-order valence-electron chi connectivity index (χ0n) is 12.3. The second-order valence-corrected chi connectivity index (χ2v) is 8.03. The lowest BCUT2D eigenvalue weighted by Gasteiger charge is -2.07. The Bertz CT molecular complexity index is 897. The highest BCUT2D eigenvalue weighted by Crippen LogP contribution is 2.22. The molecule has 22 heavy (non-hydrogen) atoms. The molecule has 4 nitrogen and oxygen atoms in total. The first-order valence-corrected chi connectivity index (χ1v) is 9.17. The average Bonchev–Trinajstić information content (AvgIpc) is 2.91. The number of hydrogen-bond donors (Lipinski definition) is 1. The van der Waals surface area contributed by atoms with Crippen molar-refractivity contribution in [3.63, 3.8) is 0 Å². The minimum absolute atomic E-state index is 0.203. The van der Waals surface area contributed by atoms with Gasteiger partial charge < -0.3 is 0 Å². The number of sulfonamides is 1. The normalized spacial score (nSPS) is 11.9. The molecule has 2 aromatic carbocycles. The molecule has 0 aliphatic heterocycles. The van der Waals surface area contributed by atoms with Crippen molar-refractivity contribution < 1.29 is 8.42 Å². The van der Waals surface area contributed by atoms with Crippen LogP contribution in [0.25, 0.3) is 10.2 Å². The van der Waals surface area contributed by atoms with Gasteiger partial charge in [0.05, 0.1) is 21.7 Å². The number of benzene rings is 2.